The molecule has 594 valence electrons. The van der Waals surface area contributed by atoms with Crippen molar-refractivity contribution in [3.05, 3.63) is 0 Å². The van der Waals surface area contributed by atoms with E-state index in [0.29, 0.717) is 31.6 Å². The number of carbonyl (C=O) groups is 4. The second-order valence-electron chi connectivity index (χ2n) is 29.6. The van der Waals surface area contributed by atoms with Crippen molar-refractivity contribution < 1.29 is 80.2 Å². The van der Waals surface area contributed by atoms with Crippen molar-refractivity contribution in [3.8, 4) is 0 Å². The molecular weight excluding hydrogens is 1310 g/mol. The zero-order valence-electron chi connectivity index (χ0n) is 65.3. The molecule has 0 aliphatic rings. The number of phosphoric acid groups is 2. The standard InChI is InChI=1S/C81H158O17P2/c1-6-9-12-15-18-21-24-27-30-33-36-38-41-44-49-54-59-64-78(83)91-70-76(97-80(85)66-62-57-51-46-43-40-37-34-31-28-25-22-19-16-13-10-7-2)72-95-99(87,88)93-68-75(82)69-94-100(89,90)96-73-77(71-92-79(84)65-60-55-52-47-48-53-58-63-74(4)5)98-81(86)67-61-56-50-45-42-39-35-32-29-26-23-20-17-14-11-8-3/h74-77,82H,6-73H2,1-5H3,(H,87,88)(H,89,90)/t75-,76-,77-/m1/s1. The SMILES string of the molecule is CCCCCCCCCCCCCCCCCCCC(=O)OC[C@H](COP(=O)(O)OC[C@@H](O)COP(=O)(O)OC[C@@H](COC(=O)CCCCCCCCCC(C)C)OC(=O)CCCCCCCCCCCCCCCCCC)OC(=O)CCCCCCCCCCCCCCCCCCC. The molecule has 0 saturated carbocycles. The molecule has 3 N–H and O–H groups in total. The number of rotatable bonds is 81. The van der Waals surface area contributed by atoms with Crippen LogP contribution in [0.1, 0.15) is 433 Å². The average molecular weight is 1470 g/mol. The lowest BCUT2D eigenvalue weighted by Gasteiger charge is -2.21. The van der Waals surface area contributed by atoms with Gasteiger partial charge in [0.05, 0.1) is 26.4 Å². The van der Waals surface area contributed by atoms with Gasteiger partial charge < -0.3 is 33.8 Å². The Hall–Kier alpha value is -1.94. The number of unbranched alkanes of at least 4 members (excludes halogenated alkanes) is 53. The summed E-state index contributed by atoms with van der Waals surface area (Å²) in [5.74, 6) is -1.40. The third kappa shape index (κ3) is 74.3. The van der Waals surface area contributed by atoms with Crippen molar-refractivity contribution in [3.63, 3.8) is 0 Å². The summed E-state index contributed by atoms with van der Waals surface area (Å²) in [6.07, 6.45) is 65.2. The Morgan fingerprint density at radius 3 is 0.680 bits per heavy atom. The van der Waals surface area contributed by atoms with Crippen LogP contribution in [0.3, 0.4) is 0 Å². The molecule has 0 aromatic rings. The number of phosphoric ester groups is 2. The molecule has 2 unspecified atom stereocenters. The Balaban J connectivity index is 5.24. The molecule has 100 heavy (non-hydrogen) atoms. The fourth-order valence-electron chi connectivity index (χ4n) is 12.6. The Labute approximate surface area is 613 Å². The van der Waals surface area contributed by atoms with Gasteiger partial charge in [-0.2, -0.15) is 0 Å². The van der Waals surface area contributed by atoms with E-state index < -0.39 is 97.5 Å². The highest BCUT2D eigenvalue weighted by Crippen LogP contribution is 2.45. The molecule has 0 fully saturated rings. The van der Waals surface area contributed by atoms with Crippen molar-refractivity contribution in [2.45, 2.75) is 451 Å². The van der Waals surface area contributed by atoms with E-state index >= 15 is 0 Å². The van der Waals surface area contributed by atoms with Gasteiger partial charge in [-0.05, 0) is 31.6 Å². The minimum absolute atomic E-state index is 0.108. The third-order valence-corrected chi connectivity index (χ3v) is 20.9. The topological polar surface area (TPSA) is 237 Å². The van der Waals surface area contributed by atoms with E-state index in [0.717, 1.165) is 96.3 Å². The molecule has 0 aliphatic heterocycles. The van der Waals surface area contributed by atoms with E-state index in [-0.39, 0.29) is 25.7 Å². The predicted molar refractivity (Wildman–Crippen MR) is 409 cm³/mol. The van der Waals surface area contributed by atoms with Crippen molar-refractivity contribution in [1.29, 1.82) is 0 Å². The molecule has 0 saturated heterocycles. The van der Waals surface area contributed by atoms with Crippen LogP contribution in [0.25, 0.3) is 0 Å². The van der Waals surface area contributed by atoms with Gasteiger partial charge in [-0.1, -0.05) is 381 Å². The number of esters is 4. The van der Waals surface area contributed by atoms with Crippen LogP contribution in [-0.2, 0) is 65.4 Å². The van der Waals surface area contributed by atoms with Gasteiger partial charge >= 0.3 is 39.5 Å². The van der Waals surface area contributed by atoms with E-state index in [1.54, 1.807) is 0 Å². The summed E-state index contributed by atoms with van der Waals surface area (Å²) in [6, 6.07) is 0. The maximum atomic E-state index is 13.1. The first-order valence-electron chi connectivity index (χ1n) is 42.1. The number of carbonyl (C=O) groups excluding carboxylic acids is 4. The van der Waals surface area contributed by atoms with Gasteiger partial charge in [0.2, 0.25) is 0 Å². The van der Waals surface area contributed by atoms with Crippen molar-refractivity contribution >= 4 is 39.5 Å². The Morgan fingerprint density at radius 1 is 0.270 bits per heavy atom. The Kier molecular flexibility index (Phi) is 72.5. The summed E-state index contributed by atoms with van der Waals surface area (Å²) in [5.41, 5.74) is 0. The quantitative estimate of drug-likeness (QED) is 0.0222. The van der Waals surface area contributed by atoms with Crippen LogP contribution in [0.5, 0.6) is 0 Å². The van der Waals surface area contributed by atoms with Crippen LogP contribution in [-0.4, -0.2) is 96.7 Å². The summed E-state index contributed by atoms with van der Waals surface area (Å²) < 4.78 is 68.7. The molecule has 0 aromatic heterocycles. The molecular formula is C81H158O17P2. The monoisotopic (exact) mass is 1470 g/mol. The summed E-state index contributed by atoms with van der Waals surface area (Å²) in [4.78, 5) is 73.0. The van der Waals surface area contributed by atoms with Crippen molar-refractivity contribution in [2.75, 3.05) is 39.6 Å². The number of hydrogen-bond acceptors (Lipinski definition) is 15. The maximum Gasteiger partial charge on any atom is 0.472 e. The smallest absolute Gasteiger partial charge is 0.462 e. The van der Waals surface area contributed by atoms with Crippen molar-refractivity contribution in [1.82, 2.24) is 0 Å². The summed E-state index contributed by atoms with van der Waals surface area (Å²) >= 11 is 0. The zero-order chi connectivity index (χ0) is 73.4. The van der Waals surface area contributed by atoms with E-state index in [2.05, 4.69) is 34.6 Å². The van der Waals surface area contributed by atoms with E-state index in [9.17, 15) is 43.2 Å². The van der Waals surface area contributed by atoms with Gasteiger partial charge in [0.1, 0.15) is 19.3 Å². The second-order valence-corrected chi connectivity index (χ2v) is 32.5. The molecule has 0 aromatic carbocycles. The van der Waals surface area contributed by atoms with Gasteiger partial charge in [-0.25, -0.2) is 9.13 Å². The minimum Gasteiger partial charge on any atom is -0.462 e. The molecule has 0 amide bonds. The third-order valence-electron chi connectivity index (χ3n) is 19.0. The Morgan fingerprint density at radius 2 is 0.460 bits per heavy atom. The fraction of sp³-hybridized carbons (Fsp3) is 0.951. The maximum absolute atomic E-state index is 13.1. The van der Waals surface area contributed by atoms with Gasteiger partial charge in [0.15, 0.2) is 12.2 Å². The van der Waals surface area contributed by atoms with Crippen LogP contribution >= 0.6 is 15.6 Å². The van der Waals surface area contributed by atoms with Gasteiger partial charge in [0.25, 0.3) is 0 Å². The molecule has 0 heterocycles. The first kappa shape index (κ1) is 98.1. The second kappa shape index (κ2) is 73.9. The molecule has 0 radical (unpaired) electrons. The van der Waals surface area contributed by atoms with Crippen LogP contribution < -0.4 is 0 Å². The van der Waals surface area contributed by atoms with Crippen LogP contribution in [0.15, 0.2) is 0 Å². The highest BCUT2D eigenvalue weighted by Gasteiger charge is 2.30. The Bertz CT molecular complexity index is 1910. The van der Waals surface area contributed by atoms with Gasteiger partial charge in [-0.15, -0.1) is 0 Å². The fourth-order valence-corrected chi connectivity index (χ4v) is 14.2. The van der Waals surface area contributed by atoms with E-state index in [1.165, 1.54) is 250 Å². The molecule has 17 nitrogen and oxygen atoms in total. The molecule has 0 bridgehead atoms. The van der Waals surface area contributed by atoms with Crippen LogP contribution in [0.4, 0.5) is 0 Å². The summed E-state index contributed by atoms with van der Waals surface area (Å²) in [5, 5.41) is 10.6. The molecule has 0 rings (SSSR count). The minimum atomic E-state index is -4.96. The van der Waals surface area contributed by atoms with Gasteiger partial charge in [0, 0.05) is 25.7 Å². The lowest BCUT2D eigenvalue weighted by molar-refractivity contribution is -0.161. The number of ether oxygens (including phenoxy) is 4. The van der Waals surface area contributed by atoms with E-state index in [1.807, 2.05) is 0 Å². The van der Waals surface area contributed by atoms with Crippen molar-refractivity contribution in [2.24, 2.45) is 5.92 Å². The molecule has 0 aliphatic carbocycles. The predicted octanol–water partition coefficient (Wildman–Crippen LogP) is 24.4. The highest BCUT2D eigenvalue weighted by molar-refractivity contribution is 7.47. The number of aliphatic hydroxyl groups excluding tert-OH is 1. The first-order valence-corrected chi connectivity index (χ1v) is 45.1. The number of hydrogen-bond donors (Lipinski definition) is 3. The normalized spacial score (nSPS) is 13.8. The highest BCUT2D eigenvalue weighted by atomic mass is 31.2. The van der Waals surface area contributed by atoms with Gasteiger partial charge in [-0.3, -0.25) is 37.3 Å². The lowest BCUT2D eigenvalue weighted by Crippen LogP contribution is -2.30. The molecule has 19 heteroatoms. The largest absolute Gasteiger partial charge is 0.472 e. The average Bonchev–Trinajstić information content (AvgIpc) is 0.914. The van der Waals surface area contributed by atoms with Crippen LogP contribution in [0.2, 0.25) is 0 Å². The van der Waals surface area contributed by atoms with Crippen LogP contribution in [0, 0.1) is 5.92 Å². The summed E-state index contributed by atoms with van der Waals surface area (Å²) in [6.45, 7) is 7.29. The number of aliphatic hydroxyl groups is 1. The molecule has 0 spiro atoms. The zero-order valence-corrected chi connectivity index (χ0v) is 67.1. The summed E-state index contributed by atoms with van der Waals surface area (Å²) in [7, 11) is -9.92. The van der Waals surface area contributed by atoms with E-state index in [4.69, 9.17) is 37.0 Å². The lowest BCUT2D eigenvalue weighted by atomic mass is 10.0. The first-order chi connectivity index (χ1) is 48.5. The molecule has 5 atom stereocenters.